The summed E-state index contributed by atoms with van der Waals surface area (Å²) in [6.07, 6.45) is -8.38. The Kier molecular flexibility index (Phi) is 14.0. The summed E-state index contributed by atoms with van der Waals surface area (Å²) in [6, 6.07) is 14.5. The molecule has 1 heterocycles. The summed E-state index contributed by atoms with van der Waals surface area (Å²) in [5.74, 6) is -7.89. The molecule has 18 nitrogen and oxygen atoms in total. The lowest BCUT2D eigenvalue weighted by Gasteiger charge is -2.64. The van der Waals surface area contributed by atoms with Gasteiger partial charge in [0.2, 0.25) is 6.10 Å². The minimum absolute atomic E-state index is 0.00270. The fourth-order valence-corrected chi connectivity index (χ4v) is 11.1. The first kappa shape index (κ1) is 50.7. The highest BCUT2D eigenvalue weighted by Crippen LogP contribution is 2.74. The van der Waals surface area contributed by atoms with Crippen LogP contribution in [0.1, 0.15) is 116 Å². The van der Waals surface area contributed by atoms with E-state index in [-0.39, 0.29) is 48.1 Å². The fourth-order valence-electron chi connectivity index (χ4n) is 11.1. The summed E-state index contributed by atoms with van der Waals surface area (Å²) in [5.41, 5.74) is -7.49. The number of carbonyl (C=O) groups excluding carboxylic acids is 8. The van der Waals surface area contributed by atoms with E-state index in [9.17, 15) is 33.9 Å². The SMILES string of the molecule is CCCC(=O)OCC(=O)O[C@@H](C(=O)OC1C[C@@]2(O)[C@@H](OC(=O)c3ccccc3)[C@@H]3[C@]4(OC(C)=O)CO[C@@H]4C[C@@H]4C[C@@]43C(=O)[C@H](OC(C)=O)C(=C1C)C2(C)C)[C@@H](NC(=O)OC(C)(C)C)c1ccccc1. The predicted molar refractivity (Wildman–Crippen MR) is 239 cm³/mol. The number of nitrogens with one attached hydrogen (secondary N) is 1. The number of ketones is 1. The van der Waals surface area contributed by atoms with Crippen LogP contribution in [0.5, 0.6) is 0 Å². The van der Waals surface area contributed by atoms with Crippen LogP contribution < -0.4 is 5.32 Å². The van der Waals surface area contributed by atoms with Crippen molar-refractivity contribution >= 4 is 47.7 Å². The van der Waals surface area contributed by atoms with E-state index in [4.69, 9.17) is 37.9 Å². The first-order chi connectivity index (χ1) is 32.4. The Balaban J connectivity index is 1.39. The minimum Gasteiger partial charge on any atom is -0.455 e. The molecule has 18 heteroatoms. The van der Waals surface area contributed by atoms with Gasteiger partial charge in [-0.25, -0.2) is 19.2 Å². The smallest absolute Gasteiger partial charge is 0.408 e. The van der Waals surface area contributed by atoms with E-state index in [1.165, 1.54) is 19.1 Å². The number of hydrogen-bond acceptors (Lipinski definition) is 17. The number of rotatable bonds is 14. The van der Waals surface area contributed by atoms with Crippen LogP contribution in [-0.2, 0) is 66.7 Å². The van der Waals surface area contributed by atoms with E-state index in [0.717, 1.165) is 6.92 Å². The molecule has 0 aromatic heterocycles. The Morgan fingerprint density at radius 3 is 2.12 bits per heavy atom. The van der Waals surface area contributed by atoms with Gasteiger partial charge in [-0.05, 0) is 81.7 Å². The molecule has 0 radical (unpaired) electrons. The number of carbonyl (C=O) groups is 8. The summed E-state index contributed by atoms with van der Waals surface area (Å²) in [6.45, 7) is 12.5. The van der Waals surface area contributed by atoms with Crippen LogP contribution in [0.15, 0.2) is 71.8 Å². The molecule has 1 unspecified atom stereocenters. The highest BCUT2D eigenvalue weighted by molar-refractivity contribution is 5.98. The van der Waals surface area contributed by atoms with Gasteiger partial charge < -0.3 is 48.3 Å². The molecule has 4 aliphatic carbocycles. The maximum absolute atomic E-state index is 15.7. The van der Waals surface area contributed by atoms with Crippen LogP contribution in [0.2, 0.25) is 0 Å². The van der Waals surface area contributed by atoms with Gasteiger partial charge in [-0.2, -0.15) is 0 Å². The monoisotopic (exact) mass is 959 g/mol. The number of hydrogen-bond donors (Lipinski definition) is 2. The van der Waals surface area contributed by atoms with Gasteiger partial charge in [0.05, 0.1) is 18.1 Å². The molecule has 1 aliphatic heterocycles. The zero-order chi connectivity index (χ0) is 50.4. The van der Waals surface area contributed by atoms with Crippen molar-refractivity contribution in [3.05, 3.63) is 82.9 Å². The van der Waals surface area contributed by atoms with Crippen molar-refractivity contribution in [2.45, 2.75) is 148 Å². The number of ether oxygens (including phenoxy) is 8. The maximum Gasteiger partial charge on any atom is 0.408 e. The number of aliphatic hydroxyl groups is 1. The van der Waals surface area contributed by atoms with Gasteiger partial charge in [0.25, 0.3) is 0 Å². The molecule has 2 aromatic carbocycles. The summed E-state index contributed by atoms with van der Waals surface area (Å²) in [4.78, 5) is 111. The van der Waals surface area contributed by atoms with E-state index in [1.807, 2.05) is 0 Å². The van der Waals surface area contributed by atoms with Crippen molar-refractivity contribution in [1.29, 1.82) is 0 Å². The molecule has 1 amide bonds. The Morgan fingerprint density at radius 1 is 0.884 bits per heavy atom. The first-order valence-corrected chi connectivity index (χ1v) is 23.2. The molecular formula is C51H61NO17. The molecule has 1 spiro atoms. The highest BCUT2D eigenvalue weighted by Gasteiger charge is 2.84. The van der Waals surface area contributed by atoms with Gasteiger partial charge in [-0.15, -0.1) is 0 Å². The number of amides is 1. The molecule has 2 aromatic rings. The molecule has 69 heavy (non-hydrogen) atoms. The van der Waals surface area contributed by atoms with E-state index >= 15 is 9.59 Å². The van der Waals surface area contributed by atoms with Crippen molar-refractivity contribution in [3.8, 4) is 0 Å². The average Bonchev–Trinajstić information content (AvgIpc) is 4.00. The molecular weight excluding hydrogens is 899 g/mol. The number of fused-ring (bicyclic) bond motifs is 4. The number of Topliss-reactive ketones (excluding diaryl/α,β-unsaturated/α-hetero) is 1. The fraction of sp³-hybridized carbons (Fsp3) is 0.569. The van der Waals surface area contributed by atoms with Gasteiger partial charge in [0, 0.05) is 37.5 Å². The van der Waals surface area contributed by atoms with Gasteiger partial charge in [0.1, 0.15) is 35.6 Å². The van der Waals surface area contributed by atoms with E-state index in [1.54, 1.807) is 97.0 Å². The molecule has 7 rings (SSSR count). The van der Waals surface area contributed by atoms with Crippen LogP contribution in [-0.4, -0.2) is 113 Å². The molecule has 372 valence electrons. The number of alkyl carbamates (subject to hydrolysis) is 1. The molecule has 11 atom stereocenters. The van der Waals surface area contributed by atoms with Crippen LogP contribution >= 0.6 is 0 Å². The molecule has 5 aliphatic rings. The molecule has 2 bridgehead atoms. The second-order valence-corrected chi connectivity index (χ2v) is 20.2. The standard InChI is InChI=1S/C51H61NO17/c1-10-17-35(55)62-25-36(56)66-40(38(30-18-13-11-14-19-30)52-46(60)69-47(5,6)7)45(59)65-33-24-51(61)43(67-44(58)31-20-15-12-16-21-31)41-49(23-32(49)22-34-50(41,26-63-34)68-29(4)54)42(57)39(64-28(3)53)37(27(33)2)48(51,8)9/h11-16,18-21,32-34,38-41,43,61H,10,17,22-26H2,1-9H3,(H,52,60)/t32-,33?,34-,38+,39-,40-,41+,43+,49-,50+,51-/m1/s1. The summed E-state index contributed by atoms with van der Waals surface area (Å²) >= 11 is 0. The molecule has 2 N–H and O–H groups in total. The van der Waals surface area contributed by atoms with Gasteiger partial charge in [0.15, 0.2) is 24.1 Å². The number of benzene rings is 2. The average molecular weight is 960 g/mol. The van der Waals surface area contributed by atoms with E-state index < -0.39 is 137 Å². The zero-order valence-electron chi connectivity index (χ0n) is 40.3. The zero-order valence-corrected chi connectivity index (χ0v) is 40.3. The Labute approximate surface area is 400 Å². The summed E-state index contributed by atoms with van der Waals surface area (Å²) in [7, 11) is 0. The third-order valence-corrected chi connectivity index (χ3v) is 14.2. The normalized spacial score (nSPS) is 30.3. The van der Waals surface area contributed by atoms with Gasteiger partial charge >= 0.3 is 41.9 Å². The Bertz CT molecular complexity index is 2410. The van der Waals surface area contributed by atoms with E-state index in [2.05, 4.69) is 5.32 Å². The lowest BCUT2D eigenvalue weighted by molar-refractivity contribution is -0.323. The van der Waals surface area contributed by atoms with Crippen molar-refractivity contribution in [2.75, 3.05) is 13.2 Å². The van der Waals surface area contributed by atoms with Crippen LogP contribution in [0.3, 0.4) is 0 Å². The van der Waals surface area contributed by atoms with Crippen molar-refractivity contribution in [2.24, 2.45) is 22.7 Å². The Hall–Kier alpha value is -6.14. The van der Waals surface area contributed by atoms with Crippen LogP contribution in [0, 0.1) is 22.7 Å². The van der Waals surface area contributed by atoms with Crippen molar-refractivity contribution in [3.63, 3.8) is 0 Å². The summed E-state index contributed by atoms with van der Waals surface area (Å²) in [5, 5.41) is 16.5. The second kappa shape index (κ2) is 19.0. The second-order valence-electron chi connectivity index (χ2n) is 20.2. The molecule has 4 fully saturated rings. The number of esters is 6. The molecule has 3 saturated carbocycles. The minimum atomic E-state index is -2.35. The summed E-state index contributed by atoms with van der Waals surface area (Å²) < 4.78 is 47.4. The van der Waals surface area contributed by atoms with Crippen LogP contribution in [0.25, 0.3) is 0 Å². The third-order valence-electron chi connectivity index (χ3n) is 14.2. The van der Waals surface area contributed by atoms with Crippen molar-refractivity contribution < 1.29 is 81.4 Å². The van der Waals surface area contributed by atoms with Gasteiger partial charge in [-0.1, -0.05) is 69.3 Å². The lowest BCUT2D eigenvalue weighted by atomic mass is 9.48. The van der Waals surface area contributed by atoms with Crippen LogP contribution in [0.4, 0.5) is 4.79 Å². The topological polar surface area (TPSA) is 243 Å². The quantitative estimate of drug-likeness (QED) is 0.137. The largest absolute Gasteiger partial charge is 0.455 e. The third kappa shape index (κ3) is 9.49. The predicted octanol–water partition coefficient (Wildman–Crippen LogP) is 5.36. The van der Waals surface area contributed by atoms with Crippen molar-refractivity contribution in [1.82, 2.24) is 5.32 Å². The highest BCUT2D eigenvalue weighted by atomic mass is 16.6. The first-order valence-electron chi connectivity index (χ1n) is 23.2. The van der Waals surface area contributed by atoms with Gasteiger partial charge in [-0.3, -0.25) is 19.2 Å². The molecule has 1 saturated heterocycles. The maximum atomic E-state index is 15.7. The van der Waals surface area contributed by atoms with E-state index in [0.29, 0.717) is 6.42 Å². The lowest BCUT2D eigenvalue weighted by Crippen LogP contribution is -2.78. The Morgan fingerprint density at radius 2 is 1.54 bits per heavy atom.